The molecule has 0 fully saturated rings. The maximum atomic E-state index is 9.76. The van der Waals surface area contributed by atoms with Gasteiger partial charge in [-0.15, -0.1) is 0 Å². The number of nitrogens with zero attached hydrogens (tertiary/aromatic N) is 4. The van der Waals surface area contributed by atoms with Crippen molar-refractivity contribution in [1.82, 2.24) is 10.3 Å². The molecule has 0 bridgehead atoms. The second-order valence-electron chi connectivity index (χ2n) is 1.51. The van der Waals surface area contributed by atoms with Crippen LogP contribution < -0.4 is 9.92 Å². The lowest BCUT2D eigenvalue weighted by atomic mass is 11.0. The molecule has 2 aromatic rings. The van der Waals surface area contributed by atoms with Gasteiger partial charge in [0.15, 0.2) is 11.2 Å². The van der Waals surface area contributed by atoms with Crippen molar-refractivity contribution >= 4 is 0 Å². The van der Waals surface area contributed by atoms with Crippen LogP contribution in [0.4, 0.5) is 0 Å². The van der Waals surface area contributed by atoms with Gasteiger partial charge < -0.3 is 9.73 Å². The van der Waals surface area contributed by atoms with Crippen molar-refractivity contribution in [2.75, 3.05) is 0 Å². The Morgan fingerprint density at radius 1 is 1.25 bits per heavy atom. The highest BCUT2D eigenvalue weighted by atomic mass is 16.8. The van der Waals surface area contributed by atoms with Crippen LogP contribution in [-0.2, 0) is 0 Å². The molecule has 0 saturated carbocycles. The summed E-state index contributed by atoms with van der Waals surface area (Å²) >= 11 is 0. The molecule has 0 unspecified atom stereocenters. The summed E-state index contributed by atoms with van der Waals surface area (Å²) in [6.45, 7) is 0. The predicted molar refractivity (Wildman–Crippen MR) is 30.9 cm³/mol. The lowest BCUT2D eigenvalue weighted by Crippen LogP contribution is -2.25. The summed E-state index contributed by atoms with van der Waals surface area (Å²) in [6.07, 6.45) is 4.91. The Hall–Kier alpha value is -2.12. The van der Waals surface area contributed by atoms with E-state index in [0.29, 0.717) is 0 Å². The Morgan fingerprint density at radius 2 is 2.08 bits per heavy atom. The molecule has 2 rings (SSSR count). The smallest absolute Gasteiger partial charge is 0.205 e. The first-order valence-corrected chi connectivity index (χ1v) is 2.79. The Balaban J connectivity index is 0.000000120. The van der Waals surface area contributed by atoms with E-state index in [0.717, 1.165) is 0 Å². The van der Waals surface area contributed by atoms with Gasteiger partial charge in [0.2, 0.25) is 6.20 Å². The molecule has 8 nitrogen and oxygen atoms in total. The lowest BCUT2D eigenvalue weighted by Gasteiger charge is -1.73. The van der Waals surface area contributed by atoms with Crippen LogP contribution in [-0.4, -0.2) is 10.3 Å². The van der Waals surface area contributed by atoms with Crippen LogP contribution in [0.1, 0.15) is 0 Å². The Morgan fingerprint density at radius 3 is 2.25 bits per heavy atom. The van der Waals surface area contributed by atoms with Crippen molar-refractivity contribution in [3.8, 4) is 0 Å². The van der Waals surface area contributed by atoms with E-state index in [4.69, 9.17) is 0 Å². The third-order valence-electron chi connectivity index (χ3n) is 0.750. The molecule has 0 amide bonds. The van der Waals surface area contributed by atoms with Gasteiger partial charge >= 0.3 is 0 Å². The highest BCUT2D eigenvalue weighted by molar-refractivity contribution is 4.46. The van der Waals surface area contributed by atoms with Crippen molar-refractivity contribution in [3.63, 3.8) is 0 Å². The van der Waals surface area contributed by atoms with E-state index in [2.05, 4.69) is 19.4 Å². The van der Waals surface area contributed by atoms with Gasteiger partial charge in [0.05, 0.1) is 11.4 Å². The van der Waals surface area contributed by atoms with E-state index in [1.54, 1.807) is 0 Å². The first-order chi connectivity index (χ1) is 5.79. The first kappa shape index (κ1) is 7.98. The highest BCUT2D eigenvalue weighted by Crippen LogP contribution is 1.62. The molecule has 0 aromatic carbocycles. The summed E-state index contributed by atoms with van der Waals surface area (Å²) in [4.78, 5) is 0.264. The minimum Gasteiger partial charge on any atom is -0.360 e. The van der Waals surface area contributed by atoms with Crippen molar-refractivity contribution in [3.05, 3.63) is 35.3 Å². The maximum Gasteiger partial charge on any atom is 0.205 e. The van der Waals surface area contributed by atoms with Crippen LogP contribution in [0.2, 0.25) is 0 Å². The zero-order chi connectivity index (χ0) is 8.81. The van der Waals surface area contributed by atoms with E-state index in [9.17, 15) is 10.4 Å². The average molecular weight is 172 g/mol. The molecule has 0 N–H and O–H groups in total. The second kappa shape index (κ2) is 3.91. The molecule has 2 heterocycles. The summed E-state index contributed by atoms with van der Waals surface area (Å²) in [5.74, 6) is 0. The van der Waals surface area contributed by atoms with Crippen LogP contribution in [0.5, 0.6) is 0 Å². The largest absolute Gasteiger partial charge is 0.360 e. The summed E-state index contributed by atoms with van der Waals surface area (Å²) in [5.41, 5.74) is 0. The fourth-order valence-electron chi connectivity index (χ4n) is 0.371. The molecule has 0 saturated heterocycles. The normalized spacial score (nSPS) is 8.67. The zero-order valence-electron chi connectivity index (χ0n) is 5.73. The molecule has 0 aliphatic carbocycles. The average Bonchev–Trinajstić information content (AvgIpc) is 2.63. The van der Waals surface area contributed by atoms with Crippen LogP contribution in [0.15, 0.2) is 34.0 Å². The third kappa shape index (κ3) is 2.64. The fraction of sp³-hybridized carbons (Fsp3) is 0. The molecule has 0 radical (unpaired) electrons. The first-order valence-electron chi connectivity index (χ1n) is 2.79. The fourth-order valence-corrected chi connectivity index (χ4v) is 0.371. The lowest BCUT2D eigenvalue weighted by molar-refractivity contribution is -0.840. The van der Waals surface area contributed by atoms with E-state index >= 15 is 0 Å². The van der Waals surface area contributed by atoms with Gasteiger partial charge in [0, 0.05) is 5.16 Å². The van der Waals surface area contributed by atoms with E-state index in [-0.39, 0.29) is 9.92 Å². The topological polar surface area (TPSA) is 106 Å². The minimum absolute atomic E-state index is 0.125. The Bertz CT molecular complexity index is 258. The van der Waals surface area contributed by atoms with Gasteiger partial charge in [0.25, 0.3) is 0 Å². The molecule has 0 aliphatic rings. The third-order valence-corrected chi connectivity index (χ3v) is 0.750. The van der Waals surface area contributed by atoms with Crippen LogP contribution in [0, 0.1) is 10.4 Å². The summed E-state index contributed by atoms with van der Waals surface area (Å²) < 4.78 is 8.03. The van der Waals surface area contributed by atoms with E-state index in [1.807, 2.05) is 0 Å². The molecule has 2 aromatic heterocycles. The molecule has 0 atom stereocenters. The minimum atomic E-state index is 0.125. The van der Waals surface area contributed by atoms with Gasteiger partial charge in [-0.1, -0.05) is 0 Å². The predicted octanol–water partition coefficient (Wildman–Crippen LogP) is -1.38. The number of rotatable bonds is 0. The SMILES string of the molecule is [O-][n+]1ccno1.[O-][n+]1ncco1. The number of hydrogen-bond donors (Lipinski definition) is 0. The van der Waals surface area contributed by atoms with Crippen molar-refractivity contribution in [2.45, 2.75) is 0 Å². The molecule has 8 heteroatoms. The second-order valence-corrected chi connectivity index (χ2v) is 1.51. The van der Waals surface area contributed by atoms with Gasteiger partial charge in [-0.25, -0.2) is 5.21 Å². The van der Waals surface area contributed by atoms with E-state index in [1.165, 1.54) is 24.9 Å². The highest BCUT2D eigenvalue weighted by Gasteiger charge is 1.81. The van der Waals surface area contributed by atoms with Crippen molar-refractivity contribution < 1.29 is 19.1 Å². The zero-order valence-corrected chi connectivity index (χ0v) is 5.73. The van der Waals surface area contributed by atoms with Gasteiger partial charge in [0.1, 0.15) is 6.20 Å². The summed E-state index contributed by atoms with van der Waals surface area (Å²) in [6, 6.07) is 0. The molecule has 0 spiro atoms. The van der Waals surface area contributed by atoms with Crippen molar-refractivity contribution in [1.29, 1.82) is 0 Å². The van der Waals surface area contributed by atoms with Gasteiger partial charge in [-0.2, -0.15) is 0 Å². The number of aromatic nitrogens is 4. The van der Waals surface area contributed by atoms with Crippen LogP contribution in [0.3, 0.4) is 0 Å². The quantitative estimate of drug-likeness (QED) is 0.453. The maximum absolute atomic E-state index is 9.76. The molecular formula is C4H4N4O4. The Kier molecular flexibility index (Phi) is 2.60. The summed E-state index contributed by atoms with van der Waals surface area (Å²) in [5, 5.41) is 25.8. The van der Waals surface area contributed by atoms with E-state index < -0.39 is 0 Å². The molecule has 0 aliphatic heterocycles. The number of hydrogen-bond acceptors (Lipinski definition) is 6. The van der Waals surface area contributed by atoms with Crippen LogP contribution in [0.25, 0.3) is 0 Å². The summed E-state index contributed by atoms with van der Waals surface area (Å²) in [7, 11) is 0. The van der Waals surface area contributed by atoms with Crippen LogP contribution >= 0.6 is 0 Å². The van der Waals surface area contributed by atoms with Gasteiger partial charge in [-0.05, 0) is 4.90 Å². The Labute approximate surface area is 65.7 Å². The standard InChI is InChI=1S/2C2H2N2O2/c5-4-3-1-2-6-4;5-4-2-1-3-6-4/h2*1-2H. The molecule has 64 valence electrons. The molecular weight excluding hydrogens is 168 g/mol. The molecule has 12 heavy (non-hydrogen) atoms. The van der Waals surface area contributed by atoms with Gasteiger partial charge in [-0.3, -0.25) is 4.63 Å². The monoisotopic (exact) mass is 172 g/mol. The van der Waals surface area contributed by atoms with Crippen molar-refractivity contribution in [2.24, 2.45) is 0 Å².